The molecule has 0 bridgehead atoms. The normalized spacial score (nSPS) is 17.4. The van der Waals surface area contributed by atoms with Gasteiger partial charge in [0.15, 0.2) is 11.6 Å². The molecule has 0 radical (unpaired) electrons. The van der Waals surface area contributed by atoms with E-state index in [4.69, 9.17) is 9.26 Å². The number of likely N-dealkylation sites (tertiary alicyclic amines) is 1. The van der Waals surface area contributed by atoms with Crippen molar-refractivity contribution in [2.75, 3.05) is 18.4 Å². The molecule has 134 valence electrons. The number of amides is 2. The first-order valence-corrected chi connectivity index (χ1v) is 8.36. The van der Waals surface area contributed by atoms with E-state index < -0.39 is 5.82 Å². The molecule has 0 unspecified atom stereocenters. The monoisotopic (exact) mass is 348 g/mol. The standard InChI is InChI=1S/C17H21FN4O3/c1-3-14-15(11(2)25-21-14)20-17(23)22-9-5-6-12(10-22)24-16-13(18)7-4-8-19-16/h4,7-8,12H,3,5-6,9-10H2,1-2H3,(H,20,23)/t12-/m1/s1. The Labute approximate surface area is 145 Å². The number of anilines is 1. The van der Waals surface area contributed by atoms with Crippen LogP contribution in [0.2, 0.25) is 0 Å². The Kier molecular flexibility index (Phi) is 5.16. The highest BCUT2D eigenvalue weighted by molar-refractivity contribution is 5.90. The molecule has 0 spiro atoms. The van der Waals surface area contributed by atoms with Crippen LogP contribution in [0.3, 0.4) is 0 Å². The van der Waals surface area contributed by atoms with Gasteiger partial charge in [0.1, 0.15) is 17.5 Å². The van der Waals surface area contributed by atoms with Gasteiger partial charge in [-0.2, -0.15) is 0 Å². The van der Waals surface area contributed by atoms with Crippen LogP contribution >= 0.6 is 0 Å². The highest BCUT2D eigenvalue weighted by Crippen LogP contribution is 2.23. The van der Waals surface area contributed by atoms with Crippen LogP contribution in [0.4, 0.5) is 14.9 Å². The van der Waals surface area contributed by atoms with Gasteiger partial charge in [0, 0.05) is 12.7 Å². The van der Waals surface area contributed by atoms with Crippen molar-refractivity contribution in [3.05, 3.63) is 35.6 Å². The summed E-state index contributed by atoms with van der Waals surface area (Å²) in [4.78, 5) is 18.1. The number of carbonyl (C=O) groups excluding carboxylic acids is 1. The summed E-state index contributed by atoms with van der Waals surface area (Å²) in [5, 5.41) is 6.79. The Morgan fingerprint density at radius 3 is 3.16 bits per heavy atom. The van der Waals surface area contributed by atoms with Gasteiger partial charge in [0.05, 0.1) is 6.54 Å². The van der Waals surface area contributed by atoms with Crippen LogP contribution in [-0.2, 0) is 6.42 Å². The van der Waals surface area contributed by atoms with Gasteiger partial charge in [0.2, 0.25) is 0 Å². The van der Waals surface area contributed by atoms with E-state index >= 15 is 0 Å². The van der Waals surface area contributed by atoms with Crippen molar-refractivity contribution >= 4 is 11.7 Å². The van der Waals surface area contributed by atoms with E-state index in [9.17, 15) is 9.18 Å². The van der Waals surface area contributed by atoms with E-state index in [2.05, 4.69) is 15.5 Å². The number of piperidine rings is 1. The van der Waals surface area contributed by atoms with E-state index in [1.165, 1.54) is 18.3 Å². The Hall–Kier alpha value is -2.64. The number of nitrogens with one attached hydrogen (secondary N) is 1. The number of urea groups is 1. The Balaban J connectivity index is 1.63. The third-order valence-electron chi connectivity index (χ3n) is 4.17. The number of pyridine rings is 1. The summed E-state index contributed by atoms with van der Waals surface area (Å²) < 4.78 is 24.4. The fourth-order valence-corrected chi connectivity index (χ4v) is 2.84. The number of halogens is 1. The fourth-order valence-electron chi connectivity index (χ4n) is 2.84. The Morgan fingerprint density at radius 1 is 1.56 bits per heavy atom. The molecule has 1 aliphatic rings. The van der Waals surface area contributed by atoms with Crippen molar-refractivity contribution in [3.8, 4) is 5.88 Å². The Bertz CT molecular complexity index is 749. The summed E-state index contributed by atoms with van der Waals surface area (Å²) in [6.45, 7) is 4.68. The second kappa shape index (κ2) is 7.50. The van der Waals surface area contributed by atoms with Crippen LogP contribution in [0, 0.1) is 12.7 Å². The van der Waals surface area contributed by atoms with Gasteiger partial charge in [-0.1, -0.05) is 12.1 Å². The molecule has 1 atom stereocenters. The van der Waals surface area contributed by atoms with Gasteiger partial charge in [-0.15, -0.1) is 0 Å². The first-order valence-electron chi connectivity index (χ1n) is 8.36. The highest BCUT2D eigenvalue weighted by Gasteiger charge is 2.27. The molecule has 2 aromatic heterocycles. The maximum absolute atomic E-state index is 13.7. The van der Waals surface area contributed by atoms with Gasteiger partial charge < -0.3 is 19.5 Å². The van der Waals surface area contributed by atoms with E-state index in [0.717, 1.165) is 12.8 Å². The highest BCUT2D eigenvalue weighted by atomic mass is 19.1. The van der Waals surface area contributed by atoms with Crippen LogP contribution in [0.1, 0.15) is 31.2 Å². The van der Waals surface area contributed by atoms with Crippen molar-refractivity contribution < 1.29 is 18.4 Å². The van der Waals surface area contributed by atoms with E-state index in [-0.39, 0.29) is 18.0 Å². The summed E-state index contributed by atoms with van der Waals surface area (Å²) in [5.41, 5.74) is 1.33. The number of aryl methyl sites for hydroxylation is 2. The van der Waals surface area contributed by atoms with Crippen molar-refractivity contribution in [2.45, 2.75) is 39.2 Å². The minimum absolute atomic E-state index is 0.0297. The molecule has 25 heavy (non-hydrogen) atoms. The van der Waals surface area contributed by atoms with Crippen LogP contribution in [0.25, 0.3) is 0 Å². The topological polar surface area (TPSA) is 80.5 Å². The smallest absolute Gasteiger partial charge is 0.322 e. The zero-order chi connectivity index (χ0) is 17.8. The molecule has 0 saturated carbocycles. The number of aromatic nitrogens is 2. The quantitative estimate of drug-likeness (QED) is 0.918. The molecule has 7 nitrogen and oxygen atoms in total. The predicted octanol–water partition coefficient (Wildman–Crippen LogP) is 3.15. The molecule has 1 fully saturated rings. The van der Waals surface area contributed by atoms with E-state index in [1.54, 1.807) is 11.8 Å². The van der Waals surface area contributed by atoms with Crippen molar-refractivity contribution in [1.29, 1.82) is 0 Å². The van der Waals surface area contributed by atoms with Gasteiger partial charge in [0.25, 0.3) is 5.88 Å². The molecule has 0 aliphatic carbocycles. The molecular formula is C17H21FN4O3. The third kappa shape index (κ3) is 3.89. The molecule has 3 rings (SSSR count). The third-order valence-corrected chi connectivity index (χ3v) is 4.17. The first-order chi connectivity index (χ1) is 12.1. The van der Waals surface area contributed by atoms with Gasteiger partial charge in [-0.05, 0) is 38.3 Å². The zero-order valence-electron chi connectivity index (χ0n) is 14.3. The molecule has 3 heterocycles. The van der Waals surface area contributed by atoms with Crippen LogP contribution in [0.5, 0.6) is 5.88 Å². The SMILES string of the molecule is CCc1noc(C)c1NC(=O)N1CCC[C@@H](Oc2ncccc2F)C1. The molecule has 2 amide bonds. The summed E-state index contributed by atoms with van der Waals surface area (Å²) in [5.74, 6) is 0.0419. The Morgan fingerprint density at radius 2 is 2.40 bits per heavy atom. The van der Waals surface area contributed by atoms with Crippen molar-refractivity contribution in [3.63, 3.8) is 0 Å². The number of ether oxygens (including phenoxy) is 1. The summed E-state index contributed by atoms with van der Waals surface area (Å²) in [6.07, 6.45) is 3.37. The molecule has 1 saturated heterocycles. The average Bonchev–Trinajstić information content (AvgIpc) is 2.97. The van der Waals surface area contributed by atoms with Crippen LogP contribution in [0.15, 0.2) is 22.9 Å². The second-order valence-corrected chi connectivity index (χ2v) is 5.96. The minimum Gasteiger partial charge on any atom is -0.470 e. The van der Waals surface area contributed by atoms with Crippen molar-refractivity contribution in [2.24, 2.45) is 0 Å². The maximum atomic E-state index is 13.7. The molecule has 8 heteroatoms. The summed E-state index contributed by atoms with van der Waals surface area (Å²) in [6, 6.07) is 2.57. The van der Waals surface area contributed by atoms with E-state index in [1.807, 2.05) is 6.92 Å². The molecule has 0 aromatic carbocycles. The number of rotatable bonds is 4. The summed E-state index contributed by atoms with van der Waals surface area (Å²) >= 11 is 0. The molecule has 2 aromatic rings. The number of hydrogen-bond acceptors (Lipinski definition) is 5. The van der Waals surface area contributed by atoms with Gasteiger partial charge in [-0.3, -0.25) is 0 Å². The van der Waals surface area contributed by atoms with Crippen molar-refractivity contribution in [1.82, 2.24) is 15.0 Å². The first kappa shape index (κ1) is 17.2. The lowest BCUT2D eigenvalue weighted by Gasteiger charge is -2.32. The number of hydrogen-bond donors (Lipinski definition) is 1. The number of carbonyl (C=O) groups is 1. The zero-order valence-corrected chi connectivity index (χ0v) is 14.3. The van der Waals surface area contributed by atoms with Crippen LogP contribution < -0.4 is 10.1 Å². The largest absolute Gasteiger partial charge is 0.470 e. The van der Waals surface area contributed by atoms with Gasteiger partial charge >= 0.3 is 6.03 Å². The molecular weight excluding hydrogens is 327 g/mol. The second-order valence-electron chi connectivity index (χ2n) is 5.96. The average molecular weight is 348 g/mol. The van der Waals surface area contributed by atoms with Gasteiger partial charge in [-0.25, -0.2) is 14.2 Å². The summed E-state index contributed by atoms with van der Waals surface area (Å²) in [7, 11) is 0. The lowest BCUT2D eigenvalue weighted by molar-refractivity contribution is 0.0987. The lowest BCUT2D eigenvalue weighted by atomic mass is 10.1. The van der Waals surface area contributed by atoms with Crippen LogP contribution in [-0.4, -0.2) is 40.3 Å². The molecule has 1 N–H and O–H groups in total. The lowest BCUT2D eigenvalue weighted by Crippen LogP contribution is -2.46. The van der Waals surface area contributed by atoms with E-state index in [0.29, 0.717) is 36.7 Å². The number of nitrogens with zero attached hydrogens (tertiary/aromatic N) is 3. The molecule has 1 aliphatic heterocycles. The maximum Gasteiger partial charge on any atom is 0.322 e. The minimum atomic E-state index is -0.503. The predicted molar refractivity (Wildman–Crippen MR) is 89.1 cm³/mol. The fraction of sp³-hybridized carbons (Fsp3) is 0.471.